The fourth-order valence-corrected chi connectivity index (χ4v) is 4.65. The molecule has 158 valence electrons. The highest BCUT2D eigenvalue weighted by Gasteiger charge is 2.24. The lowest BCUT2D eigenvalue weighted by Crippen LogP contribution is -2.29. The summed E-state index contributed by atoms with van der Waals surface area (Å²) in [5, 5.41) is 7.74. The van der Waals surface area contributed by atoms with Crippen molar-refractivity contribution in [3.63, 3.8) is 0 Å². The molecule has 1 heterocycles. The standard InChI is InChI=1S/C23H32N2O2S2/c1-4-5-6-7-8-9-13-16-24-23(28)25-21-20(22(26)27-3)19(17(2)29-21)18-14-11-10-12-15-18/h10-12,14-15H,4-9,13,16H2,1-3H3,(H2,24,25,28). The van der Waals surface area contributed by atoms with Crippen LogP contribution >= 0.6 is 23.6 Å². The fraction of sp³-hybridized carbons (Fsp3) is 0.478. The number of carbonyl (C=O) groups excluding carboxylic acids is 1. The molecule has 1 aromatic heterocycles. The molecule has 0 saturated carbocycles. The van der Waals surface area contributed by atoms with Crippen LogP contribution in [0.1, 0.15) is 67.1 Å². The summed E-state index contributed by atoms with van der Waals surface area (Å²) in [6, 6.07) is 9.90. The maximum atomic E-state index is 12.5. The van der Waals surface area contributed by atoms with E-state index in [1.165, 1.54) is 57.0 Å². The van der Waals surface area contributed by atoms with Crippen molar-refractivity contribution < 1.29 is 9.53 Å². The summed E-state index contributed by atoms with van der Waals surface area (Å²) in [6.45, 7) is 5.09. The number of hydrogen-bond acceptors (Lipinski definition) is 4. The van der Waals surface area contributed by atoms with Gasteiger partial charge >= 0.3 is 5.97 Å². The van der Waals surface area contributed by atoms with Gasteiger partial charge in [0.2, 0.25) is 0 Å². The van der Waals surface area contributed by atoms with Gasteiger partial charge in [-0.05, 0) is 31.1 Å². The van der Waals surface area contributed by atoms with E-state index in [0.717, 1.165) is 34.0 Å². The molecule has 0 aliphatic rings. The first-order valence-corrected chi connectivity index (χ1v) is 11.6. The molecular formula is C23H32N2O2S2. The lowest BCUT2D eigenvalue weighted by molar-refractivity contribution is 0.0603. The Morgan fingerprint density at radius 2 is 1.72 bits per heavy atom. The molecule has 0 aliphatic heterocycles. The third kappa shape index (κ3) is 7.12. The van der Waals surface area contributed by atoms with E-state index in [4.69, 9.17) is 17.0 Å². The highest BCUT2D eigenvalue weighted by atomic mass is 32.1. The highest BCUT2D eigenvalue weighted by Crippen LogP contribution is 2.40. The van der Waals surface area contributed by atoms with Crippen LogP contribution in [0.4, 0.5) is 5.00 Å². The van der Waals surface area contributed by atoms with Gasteiger partial charge in [0, 0.05) is 17.0 Å². The Balaban J connectivity index is 1.96. The van der Waals surface area contributed by atoms with Crippen molar-refractivity contribution in [1.82, 2.24) is 5.32 Å². The van der Waals surface area contributed by atoms with E-state index in [1.54, 1.807) is 0 Å². The third-order valence-corrected chi connectivity index (χ3v) is 6.10. The molecule has 0 unspecified atom stereocenters. The number of benzene rings is 1. The lowest BCUT2D eigenvalue weighted by atomic mass is 10.0. The molecule has 0 radical (unpaired) electrons. The van der Waals surface area contributed by atoms with Gasteiger partial charge in [0.1, 0.15) is 10.6 Å². The number of thiocarbonyl (C=S) groups is 1. The lowest BCUT2D eigenvalue weighted by Gasteiger charge is -2.11. The van der Waals surface area contributed by atoms with Crippen LogP contribution in [0, 0.1) is 6.92 Å². The summed E-state index contributed by atoms with van der Waals surface area (Å²) in [4.78, 5) is 13.6. The Morgan fingerprint density at radius 1 is 1.07 bits per heavy atom. The first-order valence-electron chi connectivity index (χ1n) is 10.4. The van der Waals surface area contributed by atoms with Gasteiger partial charge in [0.05, 0.1) is 7.11 Å². The number of methoxy groups -OCH3 is 1. The van der Waals surface area contributed by atoms with E-state index in [9.17, 15) is 4.79 Å². The van der Waals surface area contributed by atoms with Crippen molar-refractivity contribution in [1.29, 1.82) is 0 Å². The van der Waals surface area contributed by atoms with Crippen LogP contribution < -0.4 is 10.6 Å². The summed E-state index contributed by atoms with van der Waals surface area (Å²) in [6.07, 6.45) is 8.85. The predicted octanol–water partition coefficient (Wildman–Crippen LogP) is 6.55. The summed E-state index contributed by atoms with van der Waals surface area (Å²) < 4.78 is 5.05. The molecule has 0 atom stereocenters. The van der Waals surface area contributed by atoms with Gasteiger partial charge in [-0.25, -0.2) is 4.79 Å². The molecule has 6 heteroatoms. The van der Waals surface area contributed by atoms with Crippen molar-refractivity contribution in [2.75, 3.05) is 19.0 Å². The average Bonchev–Trinajstić information content (AvgIpc) is 3.05. The highest BCUT2D eigenvalue weighted by molar-refractivity contribution is 7.80. The molecular weight excluding hydrogens is 400 g/mol. The maximum Gasteiger partial charge on any atom is 0.341 e. The fourth-order valence-electron chi connectivity index (χ4n) is 3.31. The SMILES string of the molecule is CCCCCCCCCNC(=S)Nc1sc(C)c(-c2ccccc2)c1C(=O)OC. The van der Waals surface area contributed by atoms with Gasteiger partial charge in [-0.3, -0.25) is 0 Å². The summed E-state index contributed by atoms with van der Waals surface area (Å²) in [5.74, 6) is -0.356. The largest absolute Gasteiger partial charge is 0.465 e. The van der Waals surface area contributed by atoms with E-state index in [1.807, 2.05) is 37.3 Å². The molecule has 29 heavy (non-hydrogen) atoms. The molecule has 2 N–H and O–H groups in total. The molecule has 2 aromatic rings. The number of aryl methyl sites for hydroxylation is 1. The Bertz CT molecular complexity index is 788. The van der Waals surface area contributed by atoms with Gasteiger partial charge in [-0.1, -0.05) is 75.8 Å². The van der Waals surface area contributed by atoms with E-state index in [2.05, 4.69) is 17.6 Å². The molecule has 0 bridgehead atoms. The average molecular weight is 433 g/mol. The molecule has 0 aliphatic carbocycles. The predicted molar refractivity (Wildman–Crippen MR) is 128 cm³/mol. The molecule has 0 fully saturated rings. The summed E-state index contributed by atoms with van der Waals surface area (Å²) >= 11 is 6.98. The smallest absolute Gasteiger partial charge is 0.341 e. The molecule has 0 spiro atoms. The van der Waals surface area contributed by atoms with Gasteiger partial charge in [0.25, 0.3) is 0 Å². The number of carbonyl (C=O) groups is 1. The van der Waals surface area contributed by atoms with Crippen LogP contribution in [-0.2, 0) is 4.74 Å². The second-order valence-corrected chi connectivity index (χ2v) is 8.73. The van der Waals surface area contributed by atoms with E-state index >= 15 is 0 Å². The van der Waals surface area contributed by atoms with Gasteiger partial charge < -0.3 is 15.4 Å². The molecule has 2 rings (SSSR count). The normalized spacial score (nSPS) is 10.6. The second-order valence-electron chi connectivity index (χ2n) is 7.10. The number of nitrogens with one attached hydrogen (secondary N) is 2. The van der Waals surface area contributed by atoms with Crippen molar-refractivity contribution in [2.24, 2.45) is 0 Å². The summed E-state index contributed by atoms with van der Waals surface area (Å²) in [5.41, 5.74) is 2.44. The number of ether oxygens (including phenoxy) is 1. The molecule has 0 amide bonds. The van der Waals surface area contributed by atoms with Crippen LogP contribution in [0.3, 0.4) is 0 Å². The topological polar surface area (TPSA) is 50.4 Å². The number of esters is 1. The molecule has 4 nitrogen and oxygen atoms in total. The van der Waals surface area contributed by atoms with Crippen LogP contribution in [0.25, 0.3) is 11.1 Å². The number of anilines is 1. The Morgan fingerprint density at radius 3 is 2.38 bits per heavy atom. The van der Waals surface area contributed by atoms with Crippen LogP contribution in [0.2, 0.25) is 0 Å². The Hall–Kier alpha value is -1.92. The van der Waals surface area contributed by atoms with Gasteiger partial charge in [0.15, 0.2) is 5.11 Å². The molecule has 1 aromatic carbocycles. The minimum atomic E-state index is -0.356. The first kappa shape index (κ1) is 23.4. The van der Waals surface area contributed by atoms with E-state index in [-0.39, 0.29) is 5.97 Å². The van der Waals surface area contributed by atoms with Crippen molar-refractivity contribution >= 4 is 39.6 Å². The first-order chi connectivity index (χ1) is 14.1. The minimum absolute atomic E-state index is 0.356. The van der Waals surface area contributed by atoms with Gasteiger partial charge in [-0.15, -0.1) is 11.3 Å². The van der Waals surface area contributed by atoms with Gasteiger partial charge in [-0.2, -0.15) is 0 Å². The Kier molecular flexibility index (Phi) is 10.2. The van der Waals surface area contributed by atoms with Crippen LogP contribution in [0.5, 0.6) is 0 Å². The van der Waals surface area contributed by atoms with Crippen molar-refractivity contribution in [3.05, 3.63) is 40.8 Å². The number of thiophene rings is 1. The number of hydrogen-bond donors (Lipinski definition) is 2. The quantitative estimate of drug-likeness (QED) is 0.240. The third-order valence-electron chi connectivity index (χ3n) is 4.83. The summed E-state index contributed by atoms with van der Waals surface area (Å²) in [7, 11) is 1.41. The van der Waals surface area contributed by atoms with E-state index < -0.39 is 0 Å². The Labute approximate surface area is 184 Å². The van der Waals surface area contributed by atoms with Crippen LogP contribution in [0.15, 0.2) is 30.3 Å². The number of rotatable bonds is 11. The van der Waals surface area contributed by atoms with Crippen LogP contribution in [-0.4, -0.2) is 24.7 Å². The monoisotopic (exact) mass is 432 g/mol. The maximum absolute atomic E-state index is 12.5. The second kappa shape index (κ2) is 12.6. The zero-order valence-corrected chi connectivity index (χ0v) is 19.3. The number of unbranched alkanes of at least 4 members (excludes halogenated alkanes) is 6. The molecule has 0 saturated heterocycles. The minimum Gasteiger partial charge on any atom is -0.465 e. The zero-order chi connectivity index (χ0) is 21.1. The zero-order valence-electron chi connectivity index (χ0n) is 17.7. The van der Waals surface area contributed by atoms with Crippen molar-refractivity contribution in [2.45, 2.75) is 58.8 Å². The van der Waals surface area contributed by atoms with E-state index in [0.29, 0.717) is 10.7 Å². The van der Waals surface area contributed by atoms with Crippen molar-refractivity contribution in [3.8, 4) is 11.1 Å².